The van der Waals surface area contributed by atoms with E-state index in [0.717, 1.165) is 5.56 Å². The zero-order chi connectivity index (χ0) is 25.3. The molecule has 2 rings (SSSR count). The summed E-state index contributed by atoms with van der Waals surface area (Å²) in [6.07, 6.45) is 0. The van der Waals surface area contributed by atoms with Crippen LogP contribution in [-0.2, 0) is 30.9 Å². The van der Waals surface area contributed by atoms with E-state index in [2.05, 4.69) is 10.0 Å². The second-order valence-electron chi connectivity index (χ2n) is 7.59. The first-order valence-corrected chi connectivity index (χ1v) is 11.9. The number of benzene rings is 2. The van der Waals surface area contributed by atoms with Gasteiger partial charge in [0, 0.05) is 6.54 Å². The third-order valence-corrected chi connectivity index (χ3v) is 6.31. The Morgan fingerprint density at radius 1 is 0.912 bits per heavy atom. The van der Waals surface area contributed by atoms with Crippen molar-refractivity contribution in [3.05, 3.63) is 48.0 Å². The number of esters is 1. The number of carbonyl (C=O) groups excluding carboxylic acids is 2. The average molecular weight is 495 g/mol. The zero-order valence-electron chi connectivity index (χ0n) is 19.8. The van der Waals surface area contributed by atoms with Crippen LogP contribution in [0.15, 0.2) is 47.4 Å². The van der Waals surface area contributed by atoms with Gasteiger partial charge >= 0.3 is 5.97 Å². The Morgan fingerprint density at radius 3 is 2.12 bits per heavy atom. The van der Waals surface area contributed by atoms with Gasteiger partial charge in [0.15, 0.2) is 18.1 Å². The van der Waals surface area contributed by atoms with Crippen molar-refractivity contribution >= 4 is 21.9 Å². The third-order valence-electron chi connectivity index (χ3n) is 4.86. The first-order chi connectivity index (χ1) is 16.1. The number of hydrogen-bond donors (Lipinski definition) is 2. The van der Waals surface area contributed by atoms with E-state index in [0.29, 0.717) is 17.2 Å². The van der Waals surface area contributed by atoms with Gasteiger partial charge in [0.05, 0.1) is 26.2 Å². The first kappa shape index (κ1) is 26.9. The summed E-state index contributed by atoms with van der Waals surface area (Å²) < 4.78 is 48.2. The molecule has 1 amide bonds. The van der Waals surface area contributed by atoms with Crippen LogP contribution in [0, 0.1) is 5.92 Å². The molecule has 0 unspecified atom stereocenters. The minimum atomic E-state index is -4.00. The third kappa shape index (κ3) is 7.35. The van der Waals surface area contributed by atoms with E-state index < -0.39 is 40.5 Å². The van der Waals surface area contributed by atoms with Crippen LogP contribution in [-0.4, -0.2) is 54.3 Å². The largest absolute Gasteiger partial charge is 0.497 e. The predicted molar refractivity (Wildman–Crippen MR) is 124 cm³/mol. The molecule has 0 radical (unpaired) electrons. The number of hydrogen-bond acceptors (Lipinski definition) is 8. The molecule has 0 saturated heterocycles. The molecule has 2 N–H and O–H groups in total. The lowest BCUT2D eigenvalue weighted by Gasteiger charge is -2.20. The summed E-state index contributed by atoms with van der Waals surface area (Å²) in [5.41, 5.74) is 0.754. The second-order valence-corrected chi connectivity index (χ2v) is 9.31. The molecule has 1 atom stereocenters. The Morgan fingerprint density at radius 2 is 1.56 bits per heavy atom. The number of ether oxygens (including phenoxy) is 4. The molecule has 0 aliphatic carbocycles. The normalized spacial score (nSPS) is 12.1. The second kappa shape index (κ2) is 12.2. The molecular formula is C23H30N2O8S. The molecule has 0 aliphatic rings. The van der Waals surface area contributed by atoms with Crippen LogP contribution >= 0.6 is 0 Å². The van der Waals surface area contributed by atoms with Crippen molar-refractivity contribution in [1.82, 2.24) is 10.0 Å². The van der Waals surface area contributed by atoms with Crippen molar-refractivity contribution in [2.75, 3.05) is 27.9 Å². The van der Waals surface area contributed by atoms with Gasteiger partial charge in [-0.3, -0.25) is 9.59 Å². The Labute approximate surface area is 199 Å². The molecule has 10 nitrogen and oxygen atoms in total. The number of carbonyl (C=O) groups is 2. The van der Waals surface area contributed by atoms with E-state index >= 15 is 0 Å². The lowest BCUT2D eigenvalue weighted by atomic mass is 10.1. The summed E-state index contributed by atoms with van der Waals surface area (Å²) in [4.78, 5) is 24.7. The fourth-order valence-corrected chi connectivity index (χ4v) is 4.25. The lowest BCUT2D eigenvalue weighted by Crippen LogP contribution is -2.46. The van der Waals surface area contributed by atoms with Crippen LogP contribution in [0.1, 0.15) is 19.4 Å². The average Bonchev–Trinajstić information content (AvgIpc) is 2.84. The molecule has 0 fully saturated rings. The van der Waals surface area contributed by atoms with Crippen LogP contribution in [0.2, 0.25) is 0 Å². The quantitative estimate of drug-likeness (QED) is 0.428. The van der Waals surface area contributed by atoms with Gasteiger partial charge in [-0.25, -0.2) is 8.42 Å². The SMILES string of the molecule is COc1ccc(S(=O)(=O)N[C@H](C(=O)OCC(=O)NCc2ccc(OC)c(OC)c2)C(C)C)cc1. The summed E-state index contributed by atoms with van der Waals surface area (Å²) in [6.45, 7) is 2.95. The lowest BCUT2D eigenvalue weighted by molar-refractivity contribution is -0.151. The molecule has 34 heavy (non-hydrogen) atoms. The van der Waals surface area contributed by atoms with Gasteiger partial charge in [0.25, 0.3) is 5.91 Å². The standard InChI is InChI=1S/C23H30N2O8S/c1-15(2)22(25-34(28,29)18-9-7-17(30-3)8-10-18)23(27)33-14-21(26)24-13-16-6-11-19(31-4)20(12-16)32-5/h6-12,15,22,25H,13-14H2,1-5H3,(H,24,26)/t22-/m0/s1. The molecule has 2 aromatic carbocycles. The predicted octanol–water partition coefficient (Wildman–Crippen LogP) is 1.87. The van der Waals surface area contributed by atoms with E-state index in [1.807, 2.05) is 0 Å². The van der Waals surface area contributed by atoms with Gasteiger partial charge in [-0.1, -0.05) is 19.9 Å². The number of methoxy groups -OCH3 is 3. The molecule has 0 spiro atoms. The highest BCUT2D eigenvalue weighted by Gasteiger charge is 2.30. The van der Waals surface area contributed by atoms with Crippen molar-refractivity contribution in [2.45, 2.75) is 31.3 Å². The van der Waals surface area contributed by atoms with E-state index in [1.165, 1.54) is 45.6 Å². The van der Waals surface area contributed by atoms with Gasteiger partial charge < -0.3 is 24.3 Å². The molecule has 0 heterocycles. The number of sulfonamides is 1. The number of amides is 1. The van der Waals surface area contributed by atoms with E-state index in [-0.39, 0.29) is 11.4 Å². The van der Waals surface area contributed by atoms with Crippen LogP contribution in [0.25, 0.3) is 0 Å². The van der Waals surface area contributed by atoms with Crippen molar-refractivity contribution in [2.24, 2.45) is 5.92 Å². The van der Waals surface area contributed by atoms with Crippen molar-refractivity contribution < 1.29 is 37.0 Å². The molecule has 0 aromatic heterocycles. The summed E-state index contributed by atoms with van der Waals surface area (Å²) in [5.74, 6) is -0.238. The van der Waals surface area contributed by atoms with Gasteiger partial charge in [-0.2, -0.15) is 4.72 Å². The Balaban J connectivity index is 1.94. The van der Waals surface area contributed by atoms with Crippen LogP contribution in [0.3, 0.4) is 0 Å². The molecule has 0 aliphatic heterocycles. The molecule has 0 saturated carbocycles. The number of rotatable bonds is 12. The van der Waals surface area contributed by atoms with Crippen molar-refractivity contribution in [3.63, 3.8) is 0 Å². The van der Waals surface area contributed by atoms with Crippen molar-refractivity contribution in [1.29, 1.82) is 0 Å². The highest BCUT2D eigenvalue weighted by atomic mass is 32.2. The zero-order valence-corrected chi connectivity index (χ0v) is 20.6. The summed E-state index contributed by atoms with van der Waals surface area (Å²) in [6, 6.07) is 9.75. The first-order valence-electron chi connectivity index (χ1n) is 10.4. The highest BCUT2D eigenvalue weighted by molar-refractivity contribution is 7.89. The molecule has 186 valence electrons. The fraction of sp³-hybridized carbons (Fsp3) is 0.391. The monoisotopic (exact) mass is 494 g/mol. The molecule has 0 bridgehead atoms. The summed E-state index contributed by atoms with van der Waals surface area (Å²) in [5, 5.41) is 2.63. The Bertz CT molecular complexity index is 1080. The van der Waals surface area contributed by atoms with Gasteiger partial charge in [-0.05, 0) is 47.9 Å². The molecular weight excluding hydrogens is 464 g/mol. The highest BCUT2D eigenvalue weighted by Crippen LogP contribution is 2.27. The maximum Gasteiger partial charge on any atom is 0.324 e. The minimum Gasteiger partial charge on any atom is -0.497 e. The maximum absolute atomic E-state index is 12.7. The smallest absolute Gasteiger partial charge is 0.324 e. The Hall–Kier alpha value is -3.31. The summed E-state index contributed by atoms with van der Waals surface area (Å²) in [7, 11) is 0.499. The van der Waals surface area contributed by atoms with Crippen LogP contribution in [0.4, 0.5) is 0 Å². The van der Waals surface area contributed by atoms with Crippen LogP contribution in [0.5, 0.6) is 17.2 Å². The van der Waals surface area contributed by atoms with Crippen molar-refractivity contribution in [3.8, 4) is 17.2 Å². The fourth-order valence-electron chi connectivity index (χ4n) is 2.92. The minimum absolute atomic E-state index is 0.0283. The van der Waals surface area contributed by atoms with E-state index in [9.17, 15) is 18.0 Å². The molecule has 11 heteroatoms. The van der Waals surface area contributed by atoms with Gasteiger partial charge in [0.1, 0.15) is 11.8 Å². The maximum atomic E-state index is 12.7. The van der Waals surface area contributed by atoms with Gasteiger partial charge in [-0.15, -0.1) is 0 Å². The number of nitrogens with one attached hydrogen (secondary N) is 2. The topological polar surface area (TPSA) is 129 Å². The van der Waals surface area contributed by atoms with Crippen LogP contribution < -0.4 is 24.2 Å². The van der Waals surface area contributed by atoms with E-state index in [1.54, 1.807) is 32.0 Å². The molecule has 2 aromatic rings. The van der Waals surface area contributed by atoms with E-state index in [4.69, 9.17) is 18.9 Å². The van der Waals surface area contributed by atoms with Gasteiger partial charge in [0.2, 0.25) is 10.0 Å². The Kier molecular flexibility index (Phi) is 9.69. The summed E-state index contributed by atoms with van der Waals surface area (Å²) >= 11 is 0.